The van der Waals surface area contributed by atoms with Gasteiger partial charge in [0.15, 0.2) is 5.96 Å². The zero-order valence-corrected chi connectivity index (χ0v) is 19.8. The van der Waals surface area contributed by atoms with E-state index in [9.17, 15) is 5.11 Å². The second-order valence-electron chi connectivity index (χ2n) is 7.54. The minimum atomic E-state index is 0. The van der Waals surface area contributed by atoms with Crippen LogP contribution in [-0.2, 0) is 0 Å². The molecule has 1 heterocycles. The van der Waals surface area contributed by atoms with Crippen LogP contribution in [0.4, 0.5) is 0 Å². The second kappa shape index (κ2) is 14.9. The van der Waals surface area contributed by atoms with E-state index >= 15 is 0 Å². The smallest absolute Gasteiger partial charge is 0.191 e. The molecule has 3 N–H and O–H groups in total. The molecule has 1 atom stereocenters. The maximum atomic E-state index is 9.37. The van der Waals surface area contributed by atoms with Crippen LogP contribution in [-0.4, -0.2) is 61.3 Å². The van der Waals surface area contributed by atoms with Crippen molar-refractivity contribution in [2.75, 3.05) is 39.3 Å². The van der Waals surface area contributed by atoms with Gasteiger partial charge < -0.3 is 20.6 Å². The number of nitrogens with one attached hydrogen (secondary N) is 2. The first-order valence-corrected chi connectivity index (χ1v) is 10.5. The third-order valence-electron chi connectivity index (χ3n) is 5.91. The molecule has 156 valence electrons. The molecule has 0 aromatic rings. The van der Waals surface area contributed by atoms with Gasteiger partial charge in [-0.05, 0) is 64.3 Å². The molecular weight excluding hydrogens is 439 g/mol. The summed E-state index contributed by atoms with van der Waals surface area (Å²) in [6, 6.07) is 0.740. The van der Waals surface area contributed by atoms with E-state index in [1.54, 1.807) is 0 Å². The number of halogens is 1. The second-order valence-corrected chi connectivity index (χ2v) is 7.54. The minimum absolute atomic E-state index is 0. The highest BCUT2D eigenvalue weighted by Gasteiger charge is 2.25. The lowest BCUT2D eigenvalue weighted by Crippen LogP contribution is -2.41. The van der Waals surface area contributed by atoms with Crippen LogP contribution in [0.3, 0.4) is 0 Å². The first-order chi connectivity index (χ1) is 12.1. The molecule has 0 aliphatic carbocycles. The summed E-state index contributed by atoms with van der Waals surface area (Å²) in [7, 11) is 0. The van der Waals surface area contributed by atoms with Crippen LogP contribution in [0.15, 0.2) is 4.99 Å². The molecule has 5 nitrogen and oxygen atoms in total. The van der Waals surface area contributed by atoms with Gasteiger partial charge in [0.2, 0.25) is 0 Å². The van der Waals surface area contributed by atoms with Gasteiger partial charge in [-0.3, -0.25) is 4.99 Å². The topological polar surface area (TPSA) is 59.9 Å². The minimum Gasteiger partial charge on any atom is -0.396 e. The Hall–Kier alpha value is -0.0800. The van der Waals surface area contributed by atoms with Gasteiger partial charge in [0.25, 0.3) is 0 Å². The van der Waals surface area contributed by atoms with Crippen LogP contribution in [0.25, 0.3) is 0 Å². The van der Waals surface area contributed by atoms with Crippen molar-refractivity contribution < 1.29 is 5.11 Å². The number of piperidine rings is 1. The number of hydrogen-bond acceptors (Lipinski definition) is 3. The number of aliphatic imine (C=N–C) groups is 1. The highest BCUT2D eigenvalue weighted by Crippen LogP contribution is 2.30. The van der Waals surface area contributed by atoms with E-state index in [2.05, 4.69) is 43.2 Å². The van der Waals surface area contributed by atoms with Crippen LogP contribution < -0.4 is 10.6 Å². The molecule has 26 heavy (non-hydrogen) atoms. The number of nitrogens with zero attached hydrogens (tertiary/aromatic N) is 2. The molecule has 1 fully saturated rings. The lowest BCUT2D eigenvalue weighted by molar-refractivity contribution is 0.159. The Morgan fingerprint density at radius 2 is 1.92 bits per heavy atom. The fourth-order valence-corrected chi connectivity index (χ4v) is 3.71. The van der Waals surface area contributed by atoms with Gasteiger partial charge in [0.05, 0.1) is 0 Å². The molecule has 1 unspecified atom stereocenters. The number of guanidine groups is 1. The van der Waals surface area contributed by atoms with Gasteiger partial charge in [0.1, 0.15) is 0 Å². The Kier molecular flexibility index (Phi) is 14.9. The molecule has 0 radical (unpaired) electrons. The fourth-order valence-electron chi connectivity index (χ4n) is 3.71. The summed E-state index contributed by atoms with van der Waals surface area (Å²) >= 11 is 0. The van der Waals surface area contributed by atoms with Crippen molar-refractivity contribution in [3.63, 3.8) is 0 Å². The summed E-state index contributed by atoms with van der Waals surface area (Å²) in [6.45, 7) is 14.2. The van der Waals surface area contributed by atoms with Gasteiger partial charge >= 0.3 is 0 Å². The first kappa shape index (κ1) is 25.9. The summed E-state index contributed by atoms with van der Waals surface area (Å²) in [6.07, 6.45) is 8.17. The van der Waals surface area contributed by atoms with Crippen LogP contribution >= 0.6 is 24.0 Å². The van der Waals surface area contributed by atoms with E-state index < -0.39 is 0 Å². The zero-order valence-electron chi connectivity index (χ0n) is 17.5. The van der Waals surface area contributed by atoms with Gasteiger partial charge in [-0.25, -0.2) is 0 Å². The maximum absolute atomic E-state index is 9.37. The van der Waals surface area contributed by atoms with Crippen LogP contribution in [0.2, 0.25) is 0 Å². The molecule has 0 bridgehead atoms. The summed E-state index contributed by atoms with van der Waals surface area (Å²) in [5.41, 5.74) is 0.125. The van der Waals surface area contributed by atoms with Gasteiger partial charge in [-0.1, -0.05) is 20.3 Å². The molecule has 1 aliphatic rings. The summed E-state index contributed by atoms with van der Waals surface area (Å²) < 4.78 is 0. The third-order valence-corrected chi connectivity index (χ3v) is 5.91. The van der Waals surface area contributed by atoms with E-state index in [4.69, 9.17) is 4.99 Å². The van der Waals surface area contributed by atoms with Crippen LogP contribution in [0.1, 0.15) is 72.6 Å². The number of aliphatic hydroxyl groups excluding tert-OH is 1. The molecule has 0 aromatic heterocycles. The molecule has 0 amide bonds. The monoisotopic (exact) mass is 482 g/mol. The fraction of sp³-hybridized carbons (Fsp3) is 0.950. The Morgan fingerprint density at radius 1 is 1.19 bits per heavy atom. The van der Waals surface area contributed by atoms with Crippen molar-refractivity contribution in [3.8, 4) is 0 Å². The molecule has 1 rings (SSSR count). The van der Waals surface area contributed by atoms with Crippen LogP contribution in [0.5, 0.6) is 0 Å². The Labute approximate surface area is 178 Å². The van der Waals surface area contributed by atoms with E-state index in [1.165, 1.54) is 32.4 Å². The summed E-state index contributed by atoms with van der Waals surface area (Å²) in [5, 5.41) is 16.2. The van der Waals surface area contributed by atoms with Crippen molar-refractivity contribution in [2.24, 2.45) is 10.4 Å². The molecule has 1 saturated heterocycles. The molecule has 1 aliphatic heterocycles. The van der Waals surface area contributed by atoms with E-state index in [1.807, 2.05) is 0 Å². The lowest BCUT2D eigenvalue weighted by Gasteiger charge is -2.33. The average Bonchev–Trinajstić information content (AvgIpc) is 2.63. The molecule has 0 saturated carbocycles. The Balaban J connectivity index is 0.00000625. The number of hydrogen-bond donors (Lipinski definition) is 3. The molecular formula is C20H43IN4O. The molecule has 0 spiro atoms. The van der Waals surface area contributed by atoms with E-state index in [-0.39, 0.29) is 36.0 Å². The quantitative estimate of drug-likeness (QED) is 0.182. The van der Waals surface area contributed by atoms with Gasteiger partial charge in [0, 0.05) is 38.8 Å². The van der Waals surface area contributed by atoms with Crippen molar-refractivity contribution in [3.05, 3.63) is 0 Å². The Bertz CT molecular complexity index is 375. The number of aliphatic hydroxyl groups is 1. The maximum Gasteiger partial charge on any atom is 0.191 e. The van der Waals surface area contributed by atoms with Crippen molar-refractivity contribution in [1.82, 2.24) is 15.5 Å². The first-order valence-electron chi connectivity index (χ1n) is 10.5. The number of rotatable bonds is 11. The average molecular weight is 482 g/mol. The number of likely N-dealkylation sites (tertiary alicyclic amines) is 1. The van der Waals surface area contributed by atoms with Crippen molar-refractivity contribution in [2.45, 2.75) is 78.7 Å². The zero-order chi connectivity index (χ0) is 18.5. The highest BCUT2D eigenvalue weighted by molar-refractivity contribution is 14.0. The van der Waals surface area contributed by atoms with E-state index in [0.29, 0.717) is 0 Å². The standard InChI is InChI=1S/C20H42N4O.HI/c1-5-20(6-2,12-16-25)17-23-19(21-7-3)22-13-10-15-24-14-9-8-11-18(24)4;/h18,25H,5-17H2,1-4H3,(H2,21,22,23);1H. The van der Waals surface area contributed by atoms with Gasteiger partial charge in [-0.2, -0.15) is 0 Å². The predicted octanol–water partition coefficient (Wildman–Crippen LogP) is 3.61. The van der Waals surface area contributed by atoms with E-state index in [0.717, 1.165) is 57.3 Å². The summed E-state index contributed by atoms with van der Waals surface area (Å²) in [5.74, 6) is 0.915. The largest absolute Gasteiger partial charge is 0.396 e. The highest BCUT2D eigenvalue weighted by atomic mass is 127. The van der Waals surface area contributed by atoms with Crippen molar-refractivity contribution in [1.29, 1.82) is 0 Å². The van der Waals surface area contributed by atoms with Crippen molar-refractivity contribution >= 4 is 29.9 Å². The Morgan fingerprint density at radius 3 is 2.50 bits per heavy atom. The normalized spacial score (nSPS) is 19.1. The van der Waals surface area contributed by atoms with Crippen LogP contribution in [0, 0.1) is 5.41 Å². The predicted molar refractivity (Wildman–Crippen MR) is 124 cm³/mol. The lowest BCUT2D eigenvalue weighted by atomic mass is 9.79. The third kappa shape index (κ3) is 9.22. The SMILES string of the molecule is CCNC(=NCC(CC)(CC)CCO)NCCCN1CCCCC1C.I. The van der Waals surface area contributed by atoms with Gasteiger partial charge in [-0.15, -0.1) is 24.0 Å². The summed E-state index contributed by atoms with van der Waals surface area (Å²) in [4.78, 5) is 7.44. The molecule has 0 aromatic carbocycles. The molecule has 6 heteroatoms.